The van der Waals surface area contributed by atoms with Crippen molar-refractivity contribution in [1.82, 2.24) is 4.31 Å². The number of morpholine rings is 1. The molecule has 2 atom stereocenters. The lowest BCUT2D eigenvalue weighted by atomic mass is 9.99. The van der Waals surface area contributed by atoms with Crippen LogP contribution in [0.15, 0.2) is 23.1 Å². The van der Waals surface area contributed by atoms with Crippen LogP contribution in [0.2, 0.25) is 0 Å². The summed E-state index contributed by atoms with van der Waals surface area (Å²) >= 11 is 0. The van der Waals surface area contributed by atoms with Crippen LogP contribution in [0.25, 0.3) is 0 Å². The highest BCUT2D eigenvalue weighted by Gasteiger charge is 2.34. The molecule has 0 amide bonds. The Morgan fingerprint density at radius 3 is 2.31 bits per heavy atom. The number of nitro groups is 1. The van der Waals surface area contributed by atoms with Crippen LogP contribution in [0.1, 0.15) is 26.7 Å². The van der Waals surface area contributed by atoms with Crippen molar-refractivity contribution < 1.29 is 28.0 Å². The predicted molar refractivity (Wildman–Crippen MR) is 104 cm³/mol. The maximum absolute atomic E-state index is 13.0. The first kappa shape index (κ1) is 21.5. The van der Waals surface area contributed by atoms with Crippen LogP contribution in [-0.2, 0) is 19.6 Å². The second-order valence-corrected chi connectivity index (χ2v) is 9.52. The number of ether oxygens (including phenoxy) is 1. The summed E-state index contributed by atoms with van der Waals surface area (Å²) in [6.45, 7) is 4.86. The summed E-state index contributed by atoms with van der Waals surface area (Å²) in [5, 5.41) is 20.8. The van der Waals surface area contributed by atoms with Crippen LogP contribution in [0, 0.1) is 16.0 Å². The van der Waals surface area contributed by atoms with Gasteiger partial charge in [-0.25, -0.2) is 8.42 Å². The first-order chi connectivity index (χ1) is 13.6. The Morgan fingerprint density at radius 2 is 1.79 bits per heavy atom. The van der Waals surface area contributed by atoms with Gasteiger partial charge in [-0.15, -0.1) is 0 Å². The van der Waals surface area contributed by atoms with Crippen LogP contribution >= 0.6 is 0 Å². The van der Waals surface area contributed by atoms with E-state index in [1.165, 1.54) is 16.4 Å². The van der Waals surface area contributed by atoms with E-state index in [1.807, 2.05) is 18.7 Å². The first-order valence-electron chi connectivity index (χ1n) is 9.51. The second kappa shape index (κ2) is 8.25. The van der Waals surface area contributed by atoms with Gasteiger partial charge in [0.05, 0.1) is 27.9 Å². The van der Waals surface area contributed by atoms with Crippen LogP contribution in [0.3, 0.4) is 0 Å². The Kier molecular flexibility index (Phi) is 6.11. The van der Waals surface area contributed by atoms with E-state index < -0.39 is 26.8 Å². The number of anilines is 1. The van der Waals surface area contributed by atoms with Gasteiger partial charge in [-0.05, 0) is 38.8 Å². The molecule has 160 valence electrons. The van der Waals surface area contributed by atoms with Crippen LogP contribution in [0.5, 0.6) is 0 Å². The highest BCUT2D eigenvalue weighted by Crippen LogP contribution is 2.34. The average molecular weight is 427 g/mol. The summed E-state index contributed by atoms with van der Waals surface area (Å²) in [5.41, 5.74) is 0.0910. The molecule has 2 fully saturated rings. The molecule has 1 N–H and O–H groups in total. The maximum Gasteiger partial charge on any atom is 0.306 e. The molecule has 0 bridgehead atoms. The van der Waals surface area contributed by atoms with E-state index in [4.69, 9.17) is 9.84 Å². The van der Waals surface area contributed by atoms with E-state index in [1.54, 1.807) is 0 Å². The fourth-order valence-corrected chi connectivity index (χ4v) is 5.43. The number of aliphatic carboxylic acids is 1. The maximum atomic E-state index is 13.0. The van der Waals surface area contributed by atoms with Gasteiger partial charge in [0.2, 0.25) is 10.0 Å². The number of nitro benzene ring substituents is 1. The lowest BCUT2D eigenvalue weighted by Gasteiger charge is -2.36. The van der Waals surface area contributed by atoms with Gasteiger partial charge in [-0.3, -0.25) is 14.9 Å². The highest BCUT2D eigenvalue weighted by molar-refractivity contribution is 7.89. The number of hydrogen-bond donors (Lipinski definition) is 1. The molecule has 0 spiro atoms. The molecule has 3 rings (SSSR count). The molecule has 10 nitrogen and oxygen atoms in total. The minimum absolute atomic E-state index is 0.0767. The van der Waals surface area contributed by atoms with Crippen molar-refractivity contribution in [1.29, 1.82) is 0 Å². The minimum Gasteiger partial charge on any atom is -0.481 e. The fourth-order valence-electron chi connectivity index (χ4n) is 3.94. The summed E-state index contributed by atoms with van der Waals surface area (Å²) in [6.07, 6.45) is 0.242. The number of piperidine rings is 1. The van der Waals surface area contributed by atoms with E-state index in [0.29, 0.717) is 18.8 Å². The SMILES string of the molecule is C[C@H]1CN(c2ccc(S(=O)(=O)N3CCC(C(=O)O)CC3)cc2[N+](=O)[O-])C[C@H](C)O1. The van der Waals surface area contributed by atoms with Crippen molar-refractivity contribution in [3.8, 4) is 0 Å². The average Bonchev–Trinajstić information content (AvgIpc) is 2.66. The predicted octanol–water partition coefficient (Wildman–Crippen LogP) is 1.69. The smallest absolute Gasteiger partial charge is 0.306 e. The molecular weight excluding hydrogens is 402 g/mol. The third-order valence-corrected chi connectivity index (χ3v) is 7.24. The Bertz CT molecular complexity index is 887. The number of sulfonamides is 1. The number of carboxylic acid groups (broad SMARTS) is 1. The summed E-state index contributed by atoms with van der Waals surface area (Å²) in [7, 11) is -3.94. The third-order valence-electron chi connectivity index (χ3n) is 5.34. The molecule has 1 aromatic carbocycles. The van der Waals surface area contributed by atoms with Crippen molar-refractivity contribution in [2.45, 2.75) is 43.8 Å². The Morgan fingerprint density at radius 1 is 1.21 bits per heavy atom. The molecule has 2 aliphatic rings. The van der Waals surface area contributed by atoms with Crippen molar-refractivity contribution >= 4 is 27.4 Å². The summed E-state index contributed by atoms with van der Waals surface area (Å²) in [6, 6.07) is 3.95. The summed E-state index contributed by atoms with van der Waals surface area (Å²) in [4.78, 5) is 23.9. The highest BCUT2D eigenvalue weighted by atomic mass is 32.2. The topological polar surface area (TPSA) is 130 Å². The molecule has 2 saturated heterocycles. The van der Waals surface area contributed by atoms with Crippen LogP contribution < -0.4 is 4.90 Å². The molecule has 0 unspecified atom stereocenters. The van der Waals surface area contributed by atoms with Gasteiger partial charge in [0, 0.05) is 32.2 Å². The quantitative estimate of drug-likeness (QED) is 0.555. The van der Waals surface area contributed by atoms with Crippen molar-refractivity contribution in [3.63, 3.8) is 0 Å². The van der Waals surface area contributed by atoms with Gasteiger partial charge in [-0.2, -0.15) is 4.31 Å². The molecule has 0 saturated carbocycles. The molecule has 1 aromatic rings. The zero-order chi connectivity index (χ0) is 21.3. The molecule has 2 aliphatic heterocycles. The number of carbonyl (C=O) groups is 1. The van der Waals surface area contributed by atoms with Crippen molar-refractivity contribution in [2.75, 3.05) is 31.1 Å². The molecule has 0 aliphatic carbocycles. The van der Waals surface area contributed by atoms with Gasteiger partial charge in [-0.1, -0.05) is 0 Å². The molecular formula is C18H25N3O7S. The number of nitrogens with zero attached hydrogens (tertiary/aromatic N) is 3. The lowest BCUT2D eigenvalue weighted by molar-refractivity contribution is -0.384. The number of rotatable bonds is 5. The Hall–Kier alpha value is -2.24. The van der Waals surface area contributed by atoms with E-state index in [2.05, 4.69) is 0 Å². The zero-order valence-electron chi connectivity index (χ0n) is 16.4. The van der Waals surface area contributed by atoms with E-state index >= 15 is 0 Å². The largest absolute Gasteiger partial charge is 0.481 e. The third kappa shape index (κ3) is 4.51. The summed E-state index contributed by atoms with van der Waals surface area (Å²) in [5.74, 6) is -1.50. The van der Waals surface area contributed by atoms with Crippen molar-refractivity contribution in [3.05, 3.63) is 28.3 Å². The molecule has 11 heteroatoms. The summed E-state index contributed by atoms with van der Waals surface area (Å²) < 4.78 is 32.8. The van der Waals surface area contributed by atoms with E-state index in [-0.39, 0.29) is 48.7 Å². The normalized spacial score (nSPS) is 24.4. The first-order valence-corrected chi connectivity index (χ1v) is 11.0. The molecule has 2 heterocycles. The Labute approximate surface area is 169 Å². The van der Waals surface area contributed by atoms with Gasteiger partial charge in [0.25, 0.3) is 5.69 Å². The van der Waals surface area contributed by atoms with Crippen LogP contribution in [0.4, 0.5) is 11.4 Å². The van der Waals surface area contributed by atoms with Crippen LogP contribution in [-0.4, -0.2) is 67.1 Å². The Balaban J connectivity index is 1.88. The van der Waals surface area contributed by atoms with Gasteiger partial charge < -0.3 is 14.7 Å². The monoisotopic (exact) mass is 427 g/mol. The lowest BCUT2D eigenvalue weighted by Crippen LogP contribution is -2.45. The standard InChI is InChI=1S/C18H25N3O7S/c1-12-10-19(11-13(2)28-12)16-4-3-15(9-17(16)21(24)25)29(26,27)20-7-5-14(6-8-20)18(22)23/h3-4,9,12-14H,5-8,10-11H2,1-2H3,(H,22,23)/t12-,13-/m0/s1. The molecule has 0 radical (unpaired) electrons. The van der Waals surface area contributed by atoms with E-state index in [0.717, 1.165) is 6.07 Å². The van der Waals surface area contributed by atoms with Gasteiger partial charge in [0.15, 0.2) is 0 Å². The fraction of sp³-hybridized carbons (Fsp3) is 0.611. The number of benzene rings is 1. The molecule has 29 heavy (non-hydrogen) atoms. The zero-order valence-corrected chi connectivity index (χ0v) is 17.2. The second-order valence-electron chi connectivity index (χ2n) is 7.59. The minimum atomic E-state index is -3.94. The van der Waals surface area contributed by atoms with Crippen molar-refractivity contribution in [2.24, 2.45) is 5.92 Å². The van der Waals surface area contributed by atoms with Gasteiger partial charge >= 0.3 is 5.97 Å². The number of carboxylic acids is 1. The van der Waals surface area contributed by atoms with E-state index in [9.17, 15) is 23.3 Å². The number of hydrogen-bond acceptors (Lipinski definition) is 7. The van der Waals surface area contributed by atoms with Gasteiger partial charge in [0.1, 0.15) is 5.69 Å². The molecule has 0 aromatic heterocycles.